The third-order valence-corrected chi connectivity index (χ3v) is 3.29. The molecule has 2 nitrogen and oxygen atoms in total. The number of alkyl halides is 1. The minimum Gasteiger partial charge on any atom is -0.341 e. The summed E-state index contributed by atoms with van der Waals surface area (Å²) in [5, 5.41) is 2.98. The minimum atomic E-state index is -0.102. The SMILES string of the molecule is CC(=O)NC1(Br)CCCCCC1. The first-order valence-electron chi connectivity index (χ1n) is 4.60. The Labute approximate surface area is 82.2 Å². The zero-order valence-electron chi connectivity index (χ0n) is 7.53. The third-order valence-electron chi connectivity index (χ3n) is 2.30. The molecule has 1 fully saturated rings. The van der Waals surface area contributed by atoms with Crippen molar-refractivity contribution in [3.05, 3.63) is 0 Å². The normalized spacial score (nSPS) is 22.8. The number of nitrogens with one attached hydrogen (secondary N) is 1. The summed E-state index contributed by atoms with van der Waals surface area (Å²) in [6.45, 7) is 1.58. The maximum atomic E-state index is 10.9. The smallest absolute Gasteiger partial charge is 0.217 e. The molecule has 0 aromatic rings. The third kappa shape index (κ3) is 3.13. The second-order valence-electron chi connectivity index (χ2n) is 3.56. The van der Waals surface area contributed by atoms with Gasteiger partial charge in [-0.25, -0.2) is 0 Å². The molecule has 0 bridgehead atoms. The summed E-state index contributed by atoms with van der Waals surface area (Å²) in [4.78, 5) is 10.9. The predicted octanol–water partition coefficient (Wildman–Crippen LogP) is 2.57. The highest BCUT2D eigenvalue weighted by Crippen LogP contribution is 2.31. The zero-order valence-corrected chi connectivity index (χ0v) is 9.11. The van der Waals surface area contributed by atoms with Crippen LogP contribution in [-0.4, -0.2) is 10.4 Å². The summed E-state index contributed by atoms with van der Waals surface area (Å²) in [5.74, 6) is 0.0637. The van der Waals surface area contributed by atoms with Crippen molar-refractivity contribution < 1.29 is 4.79 Å². The first-order valence-corrected chi connectivity index (χ1v) is 5.39. The van der Waals surface area contributed by atoms with Crippen molar-refractivity contribution in [3.8, 4) is 0 Å². The summed E-state index contributed by atoms with van der Waals surface area (Å²) < 4.78 is -0.102. The molecule has 0 aliphatic heterocycles. The fraction of sp³-hybridized carbons (Fsp3) is 0.889. The van der Waals surface area contributed by atoms with Crippen molar-refractivity contribution in [2.24, 2.45) is 0 Å². The van der Waals surface area contributed by atoms with E-state index < -0.39 is 0 Å². The second kappa shape index (κ2) is 4.26. The molecule has 1 N–H and O–H groups in total. The van der Waals surface area contributed by atoms with E-state index in [4.69, 9.17) is 0 Å². The zero-order chi connectivity index (χ0) is 9.03. The summed E-state index contributed by atoms with van der Waals surface area (Å²) in [5.41, 5.74) is 0. The lowest BCUT2D eigenvalue weighted by Crippen LogP contribution is -2.41. The van der Waals surface area contributed by atoms with E-state index in [0.717, 1.165) is 12.8 Å². The molecule has 1 aliphatic rings. The van der Waals surface area contributed by atoms with Gasteiger partial charge in [0.1, 0.15) is 0 Å². The van der Waals surface area contributed by atoms with Gasteiger partial charge < -0.3 is 5.32 Å². The Morgan fingerprint density at radius 2 is 1.75 bits per heavy atom. The lowest BCUT2D eigenvalue weighted by Gasteiger charge is -2.26. The van der Waals surface area contributed by atoms with Gasteiger partial charge in [-0.3, -0.25) is 4.79 Å². The standard InChI is InChI=1S/C9H16BrNO/c1-8(12)11-9(10)6-4-2-3-5-7-9/h2-7H2,1H3,(H,11,12). The first kappa shape index (κ1) is 10.0. The first-order chi connectivity index (χ1) is 5.62. The van der Waals surface area contributed by atoms with E-state index in [-0.39, 0.29) is 10.4 Å². The Kier molecular flexibility index (Phi) is 3.56. The van der Waals surface area contributed by atoms with Crippen LogP contribution in [0.1, 0.15) is 45.4 Å². The van der Waals surface area contributed by atoms with E-state index in [1.807, 2.05) is 0 Å². The molecule has 70 valence electrons. The largest absolute Gasteiger partial charge is 0.341 e. The second-order valence-corrected chi connectivity index (χ2v) is 5.08. The highest BCUT2D eigenvalue weighted by atomic mass is 79.9. The van der Waals surface area contributed by atoms with Crippen LogP contribution in [0.15, 0.2) is 0 Å². The summed E-state index contributed by atoms with van der Waals surface area (Å²) >= 11 is 3.61. The van der Waals surface area contributed by atoms with Crippen LogP contribution in [0.4, 0.5) is 0 Å². The molecule has 0 radical (unpaired) electrons. The number of hydrogen-bond acceptors (Lipinski definition) is 1. The van der Waals surface area contributed by atoms with Gasteiger partial charge in [-0.2, -0.15) is 0 Å². The Bertz CT molecular complexity index is 162. The molecular formula is C9H16BrNO. The van der Waals surface area contributed by atoms with Crippen LogP contribution in [-0.2, 0) is 4.79 Å². The molecule has 0 heterocycles. The van der Waals surface area contributed by atoms with Gasteiger partial charge in [0.25, 0.3) is 0 Å². The Balaban J connectivity index is 2.48. The molecule has 0 aromatic heterocycles. The van der Waals surface area contributed by atoms with E-state index in [9.17, 15) is 4.79 Å². The van der Waals surface area contributed by atoms with Crippen molar-refractivity contribution in [2.45, 2.75) is 49.9 Å². The molecule has 0 saturated heterocycles. The molecule has 1 rings (SSSR count). The van der Waals surface area contributed by atoms with Crippen molar-refractivity contribution >= 4 is 21.8 Å². The molecule has 3 heteroatoms. The average molecular weight is 234 g/mol. The molecular weight excluding hydrogens is 218 g/mol. The van der Waals surface area contributed by atoms with Crippen LogP contribution < -0.4 is 5.32 Å². The number of amides is 1. The Morgan fingerprint density at radius 3 is 2.17 bits per heavy atom. The van der Waals surface area contributed by atoms with Gasteiger partial charge in [-0.1, -0.05) is 41.6 Å². The minimum absolute atomic E-state index is 0.0637. The molecule has 0 aromatic carbocycles. The van der Waals surface area contributed by atoms with E-state index in [2.05, 4.69) is 21.2 Å². The molecule has 0 unspecified atom stereocenters. The molecule has 1 amide bonds. The highest BCUT2D eigenvalue weighted by Gasteiger charge is 2.27. The molecule has 1 saturated carbocycles. The summed E-state index contributed by atoms with van der Waals surface area (Å²) in [6.07, 6.45) is 7.15. The van der Waals surface area contributed by atoms with Gasteiger partial charge in [0, 0.05) is 6.92 Å². The van der Waals surface area contributed by atoms with Crippen LogP contribution in [0.25, 0.3) is 0 Å². The number of carbonyl (C=O) groups excluding carboxylic acids is 1. The van der Waals surface area contributed by atoms with Gasteiger partial charge in [-0.15, -0.1) is 0 Å². The van der Waals surface area contributed by atoms with Crippen molar-refractivity contribution in [2.75, 3.05) is 0 Å². The van der Waals surface area contributed by atoms with Gasteiger partial charge in [0.15, 0.2) is 0 Å². The van der Waals surface area contributed by atoms with Crippen molar-refractivity contribution in [3.63, 3.8) is 0 Å². The maximum absolute atomic E-state index is 10.9. The van der Waals surface area contributed by atoms with Gasteiger partial charge in [-0.05, 0) is 12.8 Å². The van der Waals surface area contributed by atoms with Gasteiger partial charge in [0.2, 0.25) is 5.91 Å². The van der Waals surface area contributed by atoms with Crippen LogP contribution >= 0.6 is 15.9 Å². The van der Waals surface area contributed by atoms with Crippen molar-refractivity contribution in [1.29, 1.82) is 0 Å². The monoisotopic (exact) mass is 233 g/mol. The van der Waals surface area contributed by atoms with E-state index >= 15 is 0 Å². The lowest BCUT2D eigenvalue weighted by atomic mass is 10.1. The van der Waals surface area contributed by atoms with Gasteiger partial charge in [0.05, 0.1) is 4.45 Å². The van der Waals surface area contributed by atoms with Crippen LogP contribution in [0.5, 0.6) is 0 Å². The number of rotatable bonds is 1. The number of halogens is 1. The van der Waals surface area contributed by atoms with E-state index in [0.29, 0.717) is 0 Å². The molecule has 1 aliphatic carbocycles. The highest BCUT2D eigenvalue weighted by molar-refractivity contribution is 9.10. The lowest BCUT2D eigenvalue weighted by molar-refractivity contribution is -0.120. The molecule has 12 heavy (non-hydrogen) atoms. The average Bonchev–Trinajstić information content (AvgIpc) is 2.12. The summed E-state index contributed by atoms with van der Waals surface area (Å²) in [6, 6.07) is 0. The fourth-order valence-corrected chi connectivity index (χ4v) is 2.57. The molecule has 0 spiro atoms. The maximum Gasteiger partial charge on any atom is 0.217 e. The quantitative estimate of drug-likeness (QED) is 0.421. The number of carbonyl (C=O) groups is 1. The van der Waals surface area contributed by atoms with E-state index in [1.54, 1.807) is 6.92 Å². The topological polar surface area (TPSA) is 29.1 Å². The van der Waals surface area contributed by atoms with Crippen LogP contribution in [0.2, 0.25) is 0 Å². The van der Waals surface area contributed by atoms with Crippen molar-refractivity contribution in [1.82, 2.24) is 5.32 Å². The van der Waals surface area contributed by atoms with Crippen LogP contribution in [0.3, 0.4) is 0 Å². The van der Waals surface area contributed by atoms with Crippen LogP contribution in [0, 0.1) is 0 Å². The molecule has 0 atom stereocenters. The predicted molar refractivity (Wildman–Crippen MR) is 53.2 cm³/mol. The number of hydrogen-bond donors (Lipinski definition) is 1. The Hall–Kier alpha value is -0.0500. The van der Waals surface area contributed by atoms with Gasteiger partial charge >= 0.3 is 0 Å². The Morgan fingerprint density at radius 1 is 1.25 bits per heavy atom. The van der Waals surface area contributed by atoms with E-state index in [1.165, 1.54) is 25.7 Å². The summed E-state index contributed by atoms with van der Waals surface area (Å²) in [7, 11) is 0. The fourth-order valence-electron chi connectivity index (χ4n) is 1.73.